The first-order valence-electron chi connectivity index (χ1n) is 7.17. The van der Waals surface area contributed by atoms with E-state index in [1.807, 2.05) is 26.0 Å². The highest BCUT2D eigenvalue weighted by atomic mass is 32.1. The van der Waals surface area contributed by atoms with Crippen LogP contribution in [0.1, 0.15) is 50.2 Å². The minimum Gasteiger partial charge on any atom is -0.391 e. The van der Waals surface area contributed by atoms with E-state index in [-0.39, 0.29) is 11.8 Å². The van der Waals surface area contributed by atoms with Crippen LogP contribution in [0.4, 0.5) is 0 Å². The van der Waals surface area contributed by atoms with Crippen LogP contribution in [-0.4, -0.2) is 16.4 Å². The molecule has 1 amide bonds. The zero-order chi connectivity index (χ0) is 14.8. The van der Waals surface area contributed by atoms with Crippen molar-refractivity contribution in [1.82, 2.24) is 5.32 Å². The first-order valence-corrected chi connectivity index (χ1v) is 7.58. The van der Waals surface area contributed by atoms with Gasteiger partial charge in [0.2, 0.25) is 5.91 Å². The molecule has 0 spiro atoms. The monoisotopic (exact) mass is 290 g/mol. The Balaban J connectivity index is 2.21. The summed E-state index contributed by atoms with van der Waals surface area (Å²) in [6, 6.07) is 8.20. The molecule has 2 atom stereocenters. The van der Waals surface area contributed by atoms with Crippen molar-refractivity contribution in [3.63, 3.8) is 0 Å². The quantitative estimate of drug-likeness (QED) is 0.838. The summed E-state index contributed by atoms with van der Waals surface area (Å²) in [6.07, 6.45) is 3.69. The van der Waals surface area contributed by atoms with Crippen LogP contribution < -0.4 is 11.1 Å². The lowest BCUT2D eigenvalue weighted by atomic mass is 9.81. The third-order valence-electron chi connectivity index (χ3n) is 4.34. The molecule has 1 aromatic rings. The summed E-state index contributed by atoms with van der Waals surface area (Å²) < 4.78 is 0. The maximum absolute atomic E-state index is 12.6. The third kappa shape index (κ3) is 2.85. The molecule has 20 heavy (non-hydrogen) atoms. The molecule has 0 saturated heterocycles. The number of hydrogen-bond donors (Lipinski definition) is 2. The predicted molar refractivity (Wildman–Crippen MR) is 85.7 cm³/mol. The molecule has 3 nitrogen and oxygen atoms in total. The summed E-state index contributed by atoms with van der Waals surface area (Å²) in [5, 5.41) is 3.05. The van der Waals surface area contributed by atoms with Gasteiger partial charge in [-0.3, -0.25) is 4.79 Å². The van der Waals surface area contributed by atoms with E-state index >= 15 is 0 Å². The lowest BCUT2D eigenvalue weighted by molar-refractivity contribution is -0.124. The van der Waals surface area contributed by atoms with E-state index in [2.05, 4.69) is 17.4 Å². The molecule has 0 bridgehead atoms. The van der Waals surface area contributed by atoms with Crippen molar-refractivity contribution in [2.75, 3.05) is 0 Å². The van der Waals surface area contributed by atoms with E-state index in [1.54, 1.807) is 0 Å². The summed E-state index contributed by atoms with van der Waals surface area (Å²) >= 11 is 5.09. The van der Waals surface area contributed by atoms with Crippen LogP contribution in [0.3, 0.4) is 0 Å². The van der Waals surface area contributed by atoms with Crippen molar-refractivity contribution >= 4 is 23.1 Å². The van der Waals surface area contributed by atoms with Crippen LogP contribution in [-0.2, 0) is 11.2 Å². The fraction of sp³-hybridized carbons (Fsp3) is 0.500. The Bertz CT molecular complexity index is 529. The zero-order valence-electron chi connectivity index (χ0n) is 12.1. The van der Waals surface area contributed by atoms with Crippen molar-refractivity contribution in [2.24, 2.45) is 5.73 Å². The topological polar surface area (TPSA) is 55.1 Å². The fourth-order valence-electron chi connectivity index (χ4n) is 2.71. The minimum absolute atomic E-state index is 0.0364. The number of fused-ring (bicyclic) bond motifs is 1. The summed E-state index contributed by atoms with van der Waals surface area (Å²) in [6.45, 7) is 3.87. The van der Waals surface area contributed by atoms with Crippen LogP contribution >= 0.6 is 12.2 Å². The lowest BCUT2D eigenvalue weighted by Gasteiger charge is -2.32. The summed E-state index contributed by atoms with van der Waals surface area (Å²) in [7, 11) is 0. The maximum Gasteiger partial charge on any atom is 0.228 e. The molecule has 0 radical (unpaired) electrons. The molecule has 1 aromatic carbocycles. The Hall–Kier alpha value is -1.42. The van der Waals surface area contributed by atoms with Gasteiger partial charge in [-0.2, -0.15) is 0 Å². The number of carbonyl (C=O) groups excluding carboxylic acids is 1. The van der Waals surface area contributed by atoms with Gasteiger partial charge in [-0.15, -0.1) is 0 Å². The van der Waals surface area contributed by atoms with E-state index in [0.29, 0.717) is 11.4 Å². The van der Waals surface area contributed by atoms with E-state index < -0.39 is 5.54 Å². The van der Waals surface area contributed by atoms with Gasteiger partial charge in [0.05, 0.1) is 16.4 Å². The van der Waals surface area contributed by atoms with Gasteiger partial charge >= 0.3 is 0 Å². The molecule has 1 aliphatic carbocycles. The number of aryl methyl sites for hydroxylation is 1. The highest BCUT2D eigenvalue weighted by Gasteiger charge is 2.33. The van der Waals surface area contributed by atoms with Crippen molar-refractivity contribution in [3.05, 3.63) is 35.4 Å². The molecule has 0 fully saturated rings. The second kappa shape index (κ2) is 5.92. The largest absolute Gasteiger partial charge is 0.391 e. The van der Waals surface area contributed by atoms with Crippen molar-refractivity contribution in [1.29, 1.82) is 0 Å². The van der Waals surface area contributed by atoms with E-state index in [1.165, 1.54) is 5.56 Å². The molecular weight excluding hydrogens is 268 g/mol. The Morgan fingerprint density at radius 1 is 1.50 bits per heavy atom. The van der Waals surface area contributed by atoms with E-state index in [4.69, 9.17) is 18.0 Å². The number of nitrogens with one attached hydrogen (secondary N) is 1. The predicted octanol–water partition coefficient (Wildman–Crippen LogP) is 2.68. The Kier molecular flexibility index (Phi) is 4.43. The number of hydrogen-bond acceptors (Lipinski definition) is 2. The molecule has 1 aliphatic rings. The van der Waals surface area contributed by atoms with Gasteiger partial charge in [-0.25, -0.2) is 0 Å². The van der Waals surface area contributed by atoms with E-state index in [9.17, 15) is 4.79 Å². The van der Waals surface area contributed by atoms with Gasteiger partial charge in [-0.1, -0.05) is 43.4 Å². The number of carbonyl (C=O) groups is 1. The van der Waals surface area contributed by atoms with Gasteiger partial charge in [-0.05, 0) is 43.7 Å². The standard InChI is InChI=1S/C16H22N2OS/c1-3-16(2,15(17)20)18-14(19)13-10-6-8-11-7-4-5-9-12(11)13/h4-5,7,9,13H,3,6,8,10H2,1-2H3,(H2,17,20)(H,18,19). The Labute approximate surface area is 125 Å². The van der Waals surface area contributed by atoms with Crippen LogP contribution in [0.2, 0.25) is 0 Å². The molecule has 2 unspecified atom stereocenters. The molecule has 0 aliphatic heterocycles. The third-order valence-corrected chi connectivity index (χ3v) is 4.79. The summed E-state index contributed by atoms with van der Waals surface area (Å²) in [5.41, 5.74) is 7.61. The zero-order valence-corrected chi connectivity index (χ0v) is 12.9. The molecule has 0 saturated carbocycles. The molecule has 0 heterocycles. The molecular formula is C16H22N2OS. The van der Waals surface area contributed by atoms with Crippen molar-refractivity contribution in [2.45, 2.75) is 51.0 Å². The van der Waals surface area contributed by atoms with Gasteiger partial charge in [0.25, 0.3) is 0 Å². The van der Waals surface area contributed by atoms with Gasteiger partial charge in [0, 0.05) is 0 Å². The molecule has 0 aromatic heterocycles. The highest BCUT2D eigenvalue weighted by Crippen LogP contribution is 2.32. The number of amides is 1. The second-order valence-corrected chi connectivity index (χ2v) is 6.12. The first-order chi connectivity index (χ1) is 9.48. The number of benzene rings is 1. The van der Waals surface area contributed by atoms with E-state index in [0.717, 1.165) is 24.8 Å². The normalized spacial score (nSPS) is 20.6. The van der Waals surface area contributed by atoms with Crippen LogP contribution in [0.5, 0.6) is 0 Å². The highest BCUT2D eigenvalue weighted by molar-refractivity contribution is 7.80. The van der Waals surface area contributed by atoms with Gasteiger partial charge in [0.15, 0.2) is 0 Å². The number of rotatable bonds is 4. The Morgan fingerprint density at radius 3 is 2.85 bits per heavy atom. The van der Waals surface area contributed by atoms with Crippen molar-refractivity contribution < 1.29 is 4.79 Å². The minimum atomic E-state index is -0.598. The molecule has 4 heteroatoms. The average molecular weight is 290 g/mol. The Morgan fingerprint density at radius 2 is 2.20 bits per heavy atom. The first kappa shape index (κ1) is 15.0. The van der Waals surface area contributed by atoms with Gasteiger partial charge < -0.3 is 11.1 Å². The summed E-state index contributed by atoms with van der Waals surface area (Å²) in [4.78, 5) is 13.0. The molecule has 2 rings (SSSR count). The number of nitrogens with two attached hydrogens (primary N) is 1. The molecule has 3 N–H and O–H groups in total. The fourth-order valence-corrected chi connectivity index (χ4v) is 2.90. The lowest BCUT2D eigenvalue weighted by Crippen LogP contribution is -2.55. The van der Waals surface area contributed by atoms with Crippen LogP contribution in [0.15, 0.2) is 24.3 Å². The average Bonchev–Trinajstić information content (AvgIpc) is 2.46. The summed E-state index contributed by atoms with van der Waals surface area (Å²) in [5.74, 6) is -0.0468. The van der Waals surface area contributed by atoms with Crippen LogP contribution in [0.25, 0.3) is 0 Å². The van der Waals surface area contributed by atoms with Crippen LogP contribution in [0, 0.1) is 0 Å². The smallest absolute Gasteiger partial charge is 0.228 e. The molecule has 108 valence electrons. The number of thiocarbonyl (C=S) groups is 1. The maximum atomic E-state index is 12.6. The second-order valence-electron chi connectivity index (χ2n) is 5.68. The SMILES string of the molecule is CCC(C)(NC(=O)C1CCCc2ccccc21)C(N)=S. The van der Waals surface area contributed by atoms with Crippen molar-refractivity contribution in [3.8, 4) is 0 Å². The van der Waals surface area contributed by atoms with Gasteiger partial charge in [0.1, 0.15) is 0 Å².